The van der Waals surface area contributed by atoms with Crippen LogP contribution in [0.3, 0.4) is 0 Å². The van der Waals surface area contributed by atoms with E-state index in [-0.39, 0.29) is 0 Å². The molecule has 9 aromatic carbocycles. The van der Waals surface area contributed by atoms with E-state index in [0.29, 0.717) is 0 Å². The van der Waals surface area contributed by atoms with Gasteiger partial charge in [-0.3, -0.25) is 0 Å². The number of thiophene rings is 1. The quantitative estimate of drug-likeness (QED) is 0.166. The highest BCUT2D eigenvalue weighted by atomic mass is 32.1. The van der Waals surface area contributed by atoms with Crippen LogP contribution in [0.15, 0.2) is 206 Å². The van der Waals surface area contributed by atoms with E-state index in [1.807, 2.05) is 11.3 Å². The van der Waals surface area contributed by atoms with E-state index in [9.17, 15) is 0 Å². The van der Waals surface area contributed by atoms with Crippen LogP contribution in [0.5, 0.6) is 0 Å². The van der Waals surface area contributed by atoms with Crippen LogP contribution < -0.4 is 4.90 Å². The lowest BCUT2D eigenvalue weighted by molar-refractivity contribution is 1.18. The Morgan fingerprint density at radius 3 is 1.95 bits per heavy atom. The van der Waals surface area contributed by atoms with Gasteiger partial charge in [-0.05, 0) is 88.1 Å². The number of para-hydroxylation sites is 3. The van der Waals surface area contributed by atoms with Crippen LogP contribution in [0, 0.1) is 0 Å². The van der Waals surface area contributed by atoms with Crippen LogP contribution >= 0.6 is 11.3 Å². The fraction of sp³-hybridized carbons (Fsp3) is 0. The van der Waals surface area contributed by atoms with E-state index in [1.165, 1.54) is 80.7 Å². The molecule has 0 aliphatic rings. The van der Waals surface area contributed by atoms with E-state index < -0.39 is 0 Å². The third-order valence-electron chi connectivity index (χ3n) is 11.0. The van der Waals surface area contributed by atoms with Gasteiger partial charge in [-0.1, -0.05) is 146 Å². The first-order chi connectivity index (χ1) is 27.3. The van der Waals surface area contributed by atoms with E-state index in [4.69, 9.17) is 0 Å². The largest absolute Gasteiger partial charge is 0.310 e. The predicted octanol–water partition coefficient (Wildman–Crippen LogP) is 15.1. The number of hydrogen-bond donors (Lipinski definition) is 0. The van der Waals surface area contributed by atoms with Crippen molar-refractivity contribution in [3.63, 3.8) is 0 Å². The smallest absolute Gasteiger partial charge is 0.0619 e. The highest BCUT2D eigenvalue weighted by Gasteiger charge is 2.21. The molecule has 0 spiro atoms. The normalized spacial score (nSPS) is 11.6. The summed E-state index contributed by atoms with van der Waals surface area (Å²) in [5.74, 6) is 0. The summed E-state index contributed by atoms with van der Waals surface area (Å²) in [6.45, 7) is 0. The summed E-state index contributed by atoms with van der Waals surface area (Å²) in [6.07, 6.45) is 0. The average Bonchev–Trinajstić information content (AvgIpc) is 3.81. The minimum Gasteiger partial charge on any atom is -0.310 e. The van der Waals surface area contributed by atoms with Crippen molar-refractivity contribution in [2.45, 2.75) is 0 Å². The highest BCUT2D eigenvalue weighted by molar-refractivity contribution is 7.26. The summed E-state index contributed by atoms with van der Waals surface area (Å²) < 4.78 is 5.00. The van der Waals surface area contributed by atoms with Crippen molar-refractivity contribution in [3.05, 3.63) is 206 Å². The van der Waals surface area contributed by atoms with Crippen LogP contribution in [0.4, 0.5) is 17.1 Å². The van der Waals surface area contributed by atoms with Crippen molar-refractivity contribution in [2.24, 2.45) is 0 Å². The fourth-order valence-corrected chi connectivity index (χ4v) is 9.67. The Hall–Kier alpha value is -6.94. The van der Waals surface area contributed by atoms with E-state index in [0.717, 1.165) is 17.1 Å². The number of rotatable bonds is 6. The maximum Gasteiger partial charge on any atom is 0.0619 e. The third-order valence-corrected chi connectivity index (χ3v) is 12.1. The Labute approximate surface area is 323 Å². The third kappa shape index (κ3) is 5.16. The summed E-state index contributed by atoms with van der Waals surface area (Å²) in [5, 5.41) is 7.57. The number of aromatic nitrogens is 1. The van der Waals surface area contributed by atoms with Crippen LogP contribution in [0.25, 0.3) is 80.7 Å². The topological polar surface area (TPSA) is 8.17 Å². The molecular weight excluding hydrogens is 685 g/mol. The SMILES string of the molecule is c1ccc(-n2c3ccccc3c3cccc(-c4cccc(N(c5ccc(-c6cccc7ccccc67)cc5)c5cccc6sc7ccccc7c56)c4)c32)cc1. The zero-order valence-corrected chi connectivity index (χ0v) is 30.7. The van der Waals surface area contributed by atoms with Crippen molar-refractivity contribution >= 4 is 81.1 Å². The molecule has 0 aliphatic heterocycles. The maximum absolute atomic E-state index is 2.45. The Bertz CT molecular complexity index is 3200. The molecule has 11 aromatic rings. The zero-order valence-electron chi connectivity index (χ0n) is 29.9. The Kier molecular flexibility index (Phi) is 7.39. The summed E-state index contributed by atoms with van der Waals surface area (Å²) in [6, 6.07) is 75.2. The van der Waals surface area contributed by atoms with E-state index in [2.05, 4.69) is 216 Å². The molecule has 0 radical (unpaired) electrons. The van der Waals surface area contributed by atoms with Gasteiger partial charge in [0.15, 0.2) is 0 Å². The predicted molar refractivity (Wildman–Crippen MR) is 237 cm³/mol. The molecule has 0 unspecified atom stereocenters. The second-order valence-electron chi connectivity index (χ2n) is 14.1. The summed E-state index contributed by atoms with van der Waals surface area (Å²) in [4.78, 5) is 2.45. The number of anilines is 3. The second-order valence-corrected chi connectivity index (χ2v) is 15.2. The minimum atomic E-state index is 1.11. The van der Waals surface area contributed by atoms with E-state index in [1.54, 1.807) is 0 Å². The number of benzene rings is 9. The monoisotopic (exact) mass is 718 g/mol. The molecule has 0 aliphatic carbocycles. The molecular formula is C52H34N2S. The average molecular weight is 719 g/mol. The van der Waals surface area contributed by atoms with Crippen molar-refractivity contribution in [2.75, 3.05) is 4.90 Å². The summed E-state index contributed by atoms with van der Waals surface area (Å²) >= 11 is 1.86. The molecule has 258 valence electrons. The molecule has 2 aromatic heterocycles. The lowest BCUT2D eigenvalue weighted by atomic mass is 9.97. The first-order valence-corrected chi connectivity index (χ1v) is 19.6. The van der Waals surface area contributed by atoms with Gasteiger partial charge in [0, 0.05) is 53.6 Å². The van der Waals surface area contributed by atoms with Gasteiger partial charge < -0.3 is 9.47 Å². The standard InChI is InChI=1S/C52H34N2S/c1-2-17-38(18-3-1)54-47-26-8-6-21-44(47)45-25-12-24-43(52(45)54)37-16-10-19-40(34-37)53(48-27-13-29-50-51(48)46-22-7-9-28-49(46)55-50)39-32-30-36(31-33-39)42-23-11-15-35-14-4-5-20-41(35)42/h1-34H. The van der Waals surface area contributed by atoms with Crippen molar-refractivity contribution in [1.82, 2.24) is 4.57 Å². The molecule has 0 N–H and O–H groups in total. The first kappa shape index (κ1) is 31.6. The van der Waals surface area contributed by atoms with Gasteiger partial charge in [0.05, 0.1) is 16.7 Å². The van der Waals surface area contributed by atoms with Gasteiger partial charge in [0.1, 0.15) is 0 Å². The van der Waals surface area contributed by atoms with Gasteiger partial charge in [-0.25, -0.2) is 0 Å². The van der Waals surface area contributed by atoms with Crippen LogP contribution in [-0.4, -0.2) is 4.57 Å². The molecule has 11 rings (SSSR count). The highest BCUT2D eigenvalue weighted by Crippen LogP contribution is 2.46. The molecule has 0 bridgehead atoms. The van der Waals surface area contributed by atoms with Gasteiger partial charge in [-0.15, -0.1) is 11.3 Å². The number of fused-ring (bicyclic) bond motifs is 7. The van der Waals surface area contributed by atoms with Crippen LogP contribution in [0.2, 0.25) is 0 Å². The zero-order chi connectivity index (χ0) is 36.3. The van der Waals surface area contributed by atoms with Crippen molar-refractivity contribution in [3.8, 4) is 27.9 Å². The van der Waals surface area contributed by atoms with Gasteiger partial charge in [0.2, 0.25) is 0 Å². The molecule has 0 amide bonds. The fourth-order valence-electron chi connectivity index (χ4n) is 8.55. The second kappa shape index (κ2) is 12.9. The van der Waals surface area contributed by atoms with Crippen molar-refractivity contribution in [1.29, 1.82) is 0 Å². The minimum absolute atomic E-state index is 1.11. The first-order valence-electron chi connectivity index (χ1n) is 18.8. The molecule has 3 heteroatoms. The molecule has 2 nitrogen and oxygen atoms in total. The number of nitrogens with zero attached hydrogens (tertiary/aromatic N) is 2. The van der Waals surface area contributed by atoms with E-state index >= 15 is 0 Å². The lowest BCUT2D eigenvalue weighted by Gasteiger charge is -2.27. The molecule has 0 saturated carbocycles. The van der Waals surface area contributed by atoms with Gasteiger partial charge in [0.25, 0.3) is 0 Å². The molecule has 0 atom stereocenters. The van der Waals surface area contributed by atoms with Crippen molar-refractivity contribution < 1.29 is 0 Å². The molecule has 0 fully saturated rings. The maximum atomic E-state index is 2.45. The summed E-state index contributed by atoms with van der Waals surface area (Å²) in [7, 11) is 0. The Morgan fingerprint density at radius 2 is 1.05 bits per heavy atom. The molecule has 0 saturated heterocycles. The molecule has 55 heavy (non-hydrogen) atoms. The van der Waals surface area contributed by atoms with Gasteiger partial charge in [-0.2, -0.15) is 0 Å². The number of hydrogen-bond acceptors (Lipinski definition) is 2. The van der Waals surface area contributed by atoms with Crippen LogP contribution in [0.1, 0.15) is 0 Å². The van der Waals surface area contributed by atoms with Crippen LogP contribution in [-0.2, 0) is 0 Å². The van der Waals surface area contributed by atoms with Gasteiger partial charge >= 0.3 is 0 Å². The Morgan fingerprint density at radius 1 is 0.400 bits per heavy atom. The molecule has 2 heterocycles. The Balaban J connectivity index is 1.13. The lowest BCUT2D eigenvalue weighted by Crippen LogP contribution is -2.10. The summed E-state index contributed by atoms with van der Waals surface area (Å²) in [5.41, 5.74) is 11.8.